The monoisotopic (exact) mass is 457 g/mol. The fraction of sp³-hybridized carbons (Fsp3) is 0.167. The van der Waals surface area contributed by atoms with Crippen LogP contribution in [0.25, 0.3) is 16.8 Å². The molecule has 0 saturated carbocycles. The van der Waals surface area contributed by atoms with E-state index >= 15 is 0 Å². The maximum Gasteiger partial charge on any atom is 0.254 e. The smallest absolute Gasteiger partial charge is 0.254 e. The molecule has 9 heteroatoms. The van der Waals surface area contributed by atoms with Crippen molar-refractivity contribution in [2.45, 2.75) is 9.79 Å². The van der Waals surface area contributed by atoms with Crippen LogP contribution in [-0.4, -0.2) is 57.3 Å². The average molecular weight is 458 g/mol. The molecule has 1 aromatic heterocycles. The second-order valence-electron chi connectivity index (χ2n) is 7.71. The van der Waals surface area contributed by atoms with Crippen LogP contribution in [0.5, 0.6) is 11.5 Å². The zero-order valence-corrected chi connectivity index (χ0v) is 18.4. The van der Waals surface area contributed by atoms with Gasteiger partial charge >= 0.3 is 0 Å². The maximum absolute atomic E-state index is 13.3. The summed E-state index contributed by atoms with van der Waals surface area (Å²) in [6, 6.07) is 19.7. The predicted molar refractivity (Wildman–Crippen MR) is 122 cm³/mol. The lowest BCUT2D eigenvalue weighted by Crippen LogP contribution is -2.40. The molecule has 2 aliphatic rings. The van der Waals surface area contributed by atoms with Crippen molar-refractivity contribution in [1.29, 1.82) is 0 Å². The van der Waals surface area contributed by atoms with E-state index in [1.54, 1.807) is 16.4 Å². The van der Waals surface area contributed by atoms with Gasteiger partial charge in [0.25, 0.3) is 5.91 Å². The van der Waals surface area contributed by atoms with Gasteiger partial charge in [-0.3, -0.25) is 4.79 Å². The van der Waals surface area contributed by atoms with Crippen LogP contribution in [0.4, 0.5) is 0 Å². The van der Waals surface area contributed by atoms with Gasteiger partial charge in [0.15, 0.2) is 0 Å². The fourth-order valence-corrected chi connectivity index (χ4v) is 5.01. The van der Waals surface area contributed by atoms with Crippen molar-refractivity contribution in [3.63, 3.8) is 0 Å². The number of hydrogen-bond donors (Lipinski definition) is 0. The Morgan fingerprint density at radius 1 is 0.970 bits per heavy atom. The second kappa shape index (κ2) is 8.34. The molecule has 1 amide bonds. The number of fused-ring (bicyclic) bond motifs is 2. The number of morpholine rings is 1. The van der Waals surface area contributed by atoms with Crippen LogP contribution in [0.1, 0.15) is 10.4 Å². The first kappa shape index (κ1) is 20.0. The van der Waals surface area contributed by atoms with Crippen LogP contribution in [0, 0.1) is 0 Å². The third-order valence-corrected chi connectivity index (χ3v) is 6.75. The molecule has 6 rings (SSSR count). The minimum Gasteiger partial charge on any atom is -0.454 e. The number of aromatic nitrogens is 4. The van der Waals surface area contributed by atoms with Gasteiger partial charge in [-0.25, -0.2) is 4.68 Å². The van der Waals surface area contributed by atoms with Crippen LogP contribution in [0.3, 0.4) is 0 Å². The second-order valence-corrected chi connectivity index (χ2v) is 8.79. The molecule has 0 atom stereocenters. The summed E-state index contributed by atoms with van der Waals surface area (Å²) in [5.74, 6) is 1.56. The van der Waals surface area contributed by atoms with Crippen molar-refractivity contribution >= 4 is 17.7 Å². The minimum absolute atomic E-state index is 0.0417. The normalized spacial score (nSPS) is 14.8. The summed E-state index contributed by atoms with van der Waals surface area (Å²) < 4.78 is 13.3. The number of rotatable bonds is 3. The average Bonchev–Trinajstić information content (AvgIpc) is 3.42. The SMILES string of the molecule is O=C(c1cc(-c2cccc3c2Oc2ccccc2S3)cc(-n2cnnn2)c1)N1CCOCC1. The highest BCUT2D eigenvalue weighted by molar-refractivity contribution is 7.99. The lowest BCUT2D eigenvalue weighted by molar-refractivity contribution is 0.0303. The summed E-state index contributed by atoms with van der Waals surface area (Å²) in [7, 11) is 0. The lowest BCUT2D eigenvalue weighted by Gasteiger charge is -2.27. The fourth-order valence-electron chi connectivity index (χ4n) is 4.03. The summed E-state index contributed by atoms with van der Waals surface area (Å²) >= 11 is 1.67. The Morgan fingerprint density at radius 2 is 1.82 bits per heavy atom. The third kappa shape index (κ3) is 3.75. The van der Waals surface area contributed by atoms with Gasteiger partial charge < -0.3 is 14.4 Å². The molecular weight excluding hydrogens is 438 g/mol. The highest BCUT2D eigenvalue weighted by Crippen LogP contribution is 2.50. The number of ether oxygens (including phenoxy) is 2. The first-order chi connectivity index (χ1) is 16.3. The molecule has 0 aliphatic carbocycles. The highest BCUT2D eigenvalue weighted by Gasteiger charge is 2.24. The molecule has 0 radical (unpaired) electrons. The van der Waals surface area contributed by atoms with E-state index in [1.165, 1.54) is 6.33 Å². The molecule has 164 valence electrons. The Morgan fingerprint density at radius 3 is 2.67 bits per heavy atom. The van der Waals surface area contributed by atoms with Crippen molar-refractivity contribution in [1.82, 2.24) is 25.1 Å². The zero-order valence-electron chi connectivity index (χ0n) is 17.5. The number of carbonyl (C=O) groups excluding carboxylic acids is 1. The summed E-state index contributed by atoms with van der Waals surface area (Å²) in [5, 5.41) is 11.5. The molecule has 3 aromatic carbocycles. The third-order valence-electron chi connectivity index (χ3n) is 5.65. The summed E-state index contributed by atoms with van der Waals surface area (Å²) in [6.07, 6.45) is 1.52. The quantitative estimate of drug-likeness (QED) is 0.404. The number of nitrogens with zero attached hydrogens (tertiary/aromatic N) is 5. The van der Waals surface area contributed by atoms with E-state index in [0.29, 0.717) is 37.6 Å². The molecule has 8 nitrogen and oxygen atoms in total. The van der Waals surface area contributed by atoms with Crippen LogP contribution in [0.15, 0.2) is 76.8 Å². The molecule has 1 fully saturated rings. The Hall–Kier alpha value is -3.69. The number of hydrogen-bond acceptors (Lipinski definition) is 7. The lowest BCUT2D eigenvalue weighted by atomic mass is 10.00. The van der Waals surface area contributed by atoms with Crippen LogP contribution >= 0.6 is 11.8 Å². The Bertz CT molecular complexity index is 1340. The number of benzene rings is 3. The first-order valence-corrected chi connectivity index (χ1v) is 11.4. The maximum atomic E-state index is 13.3. The largest absolute Gasteiger partial charge is 0.454 e. The van der Waals surface area contributed by atoms with Crippen molar-refractivity contribution in [2.24, 2.45) is 0 Å². The van der Waals surface area contributed by atoms with E-state index in [9.17, 15) is 4.79 Å². The summed E-state index contributed by atoms with van der Waals surface area (Å²) in [5.41, 5.74) is 3.04. The molecule has 33 heavy (non-hydrogen) atoms. The summed E-state index contributed by atoms with van der Waals surface area (Å²) in [6.45, 7) is 2.23. The van der Waals surface area contributed by atoms with Gasteiger partial charge in [-0.05, 0) is 52.4 Å². The Labute approximate surface area is 194 Å². The van der Waals surface area contributed by atoms with E-state index in [2.05, 4.69) is 15.5 Å². The van der Waals surface area contributed by atoms with Crippen molar-refractivity contribution in [2.75, 3.05) is 26.3 Å². The van der Waals surface area contributed by atoms with E-state index in [-0.39, 0.29) is 5.91 Å². The Kier molecular flexibility index (Phi) is 5.04. The van der Waals surface area contributed by atoms with Crippen LogP contribution in [0.2, 0.25) is 0 Å². The van der Waals surface area contributed by atoms with Gasteiger partial charge in [-0.2, -0.15) is 0 Å². The van der Waals surface area contributed by atoms with E-state index in [1.807, 2.05) is 65.6 Å². The topological polar surface area (TPSA) is 82.4 Å². The zero-order chi connectivity index (χ0) is 22.2. The predicted octanol–water partition coefficient (Wildman–Crippen LogP) is 4.06. The highest BCUT2D eigenvalue weighted by atomic mass is 32.2. The van der Waals surface area contributed by atoms with Crippen molar-refractivity contribution in [3.8, 4) is 28.3 Å². The molecular formula is C24H19N5O3S. The van der Waals surface area contributed by atoms with Crippen LogP contribution < -0.4 is 4.74 Å². The van der Waals surface area contributed by atoms with Gasteiger partial charge in [-0.1, -0.05) is 36.0 Å². The summed E-state index contributed by atoms with van der Waals surface area (Å²) in [4.78, 5) is 17.3. The number of para-hydroxylation sites is 2. The van der Waals surface area contributed by atoms with E-state index < -0.39 is 0 Å². The Balaban J connectivity index is 1.47. The molecule has 0 spiro atoms. The van der Waals surface area contributed by atoms with Gasteiger partial charge in [-0.15, -0.1) is 5.10 Å². The molecule has 3 heterocycles. The van der Waals surface area contributed by atoms with Gasteiger partial charge in [0.05, 0.1) is 28.7 Å². The number of amides is 1. The molecule has 0 N–H and O–H groups in total. The van der Waals surface area contributed by atoms with Crippen LogP contribution in [-0.2, 0) is 4.74 Å². The molecule has 4 aromatic rings. The van der Waals surface area contributed by atoms with Crippen molar-refractivity contribution < 1.29 is 14.3 Å². The molecule has 2 aliphatic heterocycles. The number of carbonyl (C=O) groups is 1. The van der Waals surface area contributed by atoms with E-state index in [4.69, 9.17) is 9.47 Å². The van der Waals surface area contributed by atoms with Crippen molar-refractivity contribution in [3.05, 3.63) is 72.6 Å². The molecule has 0 bridgehead atoms. The first-order valence-electron chi connectivity index (χ1n) is 10.6. The van der Waals surface area contributed by atoms with E-state index in [0.717, 1.165) is 32.4 Å². The van der Waals surface area contributed by atoms with Gasteiger partial charge in [0, 0.05) is 24.2 Å². The van der Waals surface area contributed by atoms with Gasteiger partial charge in [0.2, 0.25) is 0 Å². The standard InChI is InChI=1S/C24H19N5O3S/c30-24(28-8-10-31-11-9-28)17-12-16(13-18(14-17)29-15-25-26-27-29)19-4-3-7-22-23(19)32-20-5-1-2-6-21(20)33-22/h1-7,12-15H,8-11H2. The van der Waals surface area contributed by atoms with Gasteiger partial charge in [0.1, 0.15) is 17.8 Å². The number of tetrazole rings is 1. The molecule has 1 saturated heterocycles. The molecule has 0 unspecified atom stereocenters. The minimum atomic E-state index is -0.0417.